The molecular weight excluding hydrogens is 242 g/mol. The number of hydrogen-bond donors (Lipinski definition) is 2. The minimum atomic E-state index is -0.993. The van der Waals surface area contributed by atoms with Gasteiger partial charge in [-0.1, -0.05) is 24.3 Å². The maximum Gasteiger partial charge on any atom is 0.322 e. The fraction of sp³-hybridized carbons (Fsp3) is 0.467. The van der Waals surface area contributed by atoms with Crippen LogP contribution in [0.25, 0.3) is 0 Å². The Morgan fingerprint density at radius 1 is 1.37 bits per heavy atom. The van der Waals surface area contributed by atoms with Gasteiger partial charge in [0.2, 0.25) is 5.91 Å². The molecule has 1 aromatic carbocycles. The summed E-state index contributed by atoms with van der Waals surface area (Å²) in [6, 6.07) is 8.33. The van der Waals surface area contributed by atoms with Crippen LogP contribution in [0.1, 0.15) is 30.4 Å². The van der Waals surface area contributed by atoms with E-state index in [1.54, 1.807) is 0 Å². The van der Waals surface area contributed by atoms with E-state index in [1.165, 1.54) is 11.1 Å². The summed E-state index contributed by atoms with van der Waals surface area (Å²) in [4.78, 5) is 22.5. The molecule has 3 rings (SSSR count). The first-order valence-electron chi connectivity index (χ1n) is 6.71. The molecule has 0 radical (unpaired) electrons. The molecule has 4 heteroatoms. The number of carboxylic acids is 1. The van der Waals surface area contributed by atoms with Gasteiger partial charge in [-0.15, -0.1) is 0 Å². The number of aryl methyl sites for hydroxylation is 1. The summed E-state index contributed by atoms with van der Waals surface area (Å²) in [5.74, 6) is -1.15. The maximum absolute atomic E-state index is 12.0. The average Bonchev–Trinajstić information content (AvgIpc) is 3.12. The third kappa shape index (κ3) is 2.01. The number of rotatable bonds is 3. The third-order valence-corrected chi connectivity index (χ3v) is 4.43. The highest BCUT2D eigenvalue weighted by Crippen LogP contribution is 2.60. The van der Waals surface area contributed by atoms with Crippen molar-refractivity contribution in [3.8, 4) is 0 Å². The zero-order valence-electron chi connectivity index (χ0n) is 10.7. The molecule has 0 saturated heterocycles. The van der Waals surface area contributed by atoms with Crippen molar-refractivity contribution in [3.63, 3.8) is 0 Å². The standard InChI is InChI=1S/C15H17NO3/c17-13(18)9-16-14(19)12-8-15(12)7-3-5-10-4-1-2-6-11(10)15/h1-2,4,6,12H,3,5,7-9H2,(H,16,19)(H,17,18). The highest BCUT2D eigenvalue weighted by Gasteiger charge is 2.59. The molecule has 100 valence electrons. The van der Waals surface area contributed by atoms with E-state index in [2.05, 4.69) is 17.4 Å². The van der Waals surface area contributed by atoms with Crippen molar-refractivity contribution < 1.29 is 14.7 Å². The number of carbonyl (C=O) groups excluding carboxylic acids is 1. The first-order chi connectivity index (χ1) is 9.13. The van der Waals surface area contributed by atoms with Gasteiger partial charge in [0.25, 0.3) is 0 Å². The largest absolute Gasteiger partial charge is 0.480 e. The summed E-state index contributed by atoms with van der Waals surface area (Å²) < 4.78 is 0. The zero-order valence-corrected chi connectivity index (χ0v) is 10.7. The smallest absolute Gasteiger partial charge is 0.322 e. The number of aliphatic carboxylic acids is 1. The molecule has 0 aromatic heterocycles. The fourth-order valence-corrected chi connectivity index (χ4v) is 3.46. The number of carbonyl (C=O) groups is 2. The van der Waals surface area contributed by atoms with Crippen LogP contribution in [0.2, 0.25) is 0 Å². The Bertz CT molecular complexity index is 540. The van der Waals surface area contributed by atoms with E-state index < -0.39 is 5.97 Å². The van der Waals surface area contributed by atoms with Crippen molar-refractivity contribution in [3.05, 3.63) is 35.4 Å². The van der Waals surface area contributed by atoms with Gasteiger partial charge >= 0.3 is 5.97 Å². The van der Waals surface area contributed by atoms with Gasteiger partial charge in [-0.2, -0.15) is 0 Å². The summed E-state index contributed by atoms with van der Waals surface area (Å²) in [5.41, 5.74) is 2.64. The van der Waals surface area contributed by atoms with E-state index in [0.29, 0.717) is 0 Å². The molecule has 1 fully saturated rings. The van der Waals surface area contributed by atoms with Crippen molar-refractivity contribution in [1.29, 1.82) is 0 Å². The Kier molecular flexibility index (Phi) is 2.81. The quantitative estimate of drug-likeness (QED) is 0.864. The van der Waals surface area contributed by atoms with Crippen LogP contribution in [0, 0.1) is 5.92 Å². The summed E-state index contributed by atoms with van der Waals surface area (Å²) in [6.45, 7) is -0.285. The molecule has 2 unspecified atom stereocenters. The van der Waals surface area contributed by atoms with Crippen LogP contribution in [0.5, 0.6) is 0 Å². The molecule has 1 aromatic rings. The van der Waals surface area contributed by atoms with Gasteiger partial charge in [-0.3, -0.25) is 9.59 Å². The number of carboxylic acid groups (broad SMARTS) is 1. The van der Waals surface area contributed by atoms with Crippen molar-refractivity contribution >= 4 is 11.9 Å². The highest BCUT2D eigenvalue weighted by molar-refractivity contribution is 5.87. The second-order valence-corrected chi connectivity index (χ2v) is 5.54. The van der Waals surface area contributed by atoms with Crippen molar-refractivity contribution in [2.24, 2.45) is 5.92 Å². The van der Waals surface area contributed by atoms with Gasteiger partial charge in [0.05, 0.1) is 0 Å². The maximum atomic E-state index is 12.0. The topological polar surface area (TPSA) is 66.4 Å². The lowest BCUT2D eigenvalue weighted by Gasteiger charge is -2.26. The lowest BCUT2D eigenvalue weighted by atomic mass is 9.78. The van der Waals surface area contributed by atoms with Gasteiger partial charge in [-0.25, -0.2) is 0 Å². The average molecular weight is 259 g/mol. The minimum Gasteiger partial charge on any atom is -0.480 e. The number of fused-ring (bicyclic) bond motifs is 2. The molecule has 2 aliphatic carbocycles. The van der Waals surface area contributed by atoms with Gasteiger partial charge in [0.15, 0.2) is 0 Å². The Morgan fingerprint density at radius 2 is 2.16 bits per heavy atom. The Hall–Kier alpha value is -1.84. The van der Waals surface area contributed by atoms with E-state index in [-0.39, 0.29) is 23.8 Å². The molecule has 2 N–H and O–H groups in total. The predicted octanol–water partition coefficient (Wildman–Crippen LogP) is 1.48. The number of nitrogens with one attached hydrogen (secondary N) is 1. The Morgan fingerprint density at radius 3 is 2.95 bits per heavy atom. The number of amides is 1. The zero-order chi connectivity index (χ0) is 13.5. The van der Waals surface area contributed by atoms with Gasteiger partial charge in [0, 0.05) is 11.3 Å². The Labute approximate surface area is 111 Å². The van der Waals surface area contributed by atoms with Crippen LogP contribution < -0.4 is 5.32 Å². The molecule has 0 aliphatic heterocycles. The molecule has 2 atom stereocenters. The molecule has 0 bridgehead atoms. The second-order valence-electron chi connectivity index (χ2n) is 5.54. The van der Waals surface area contributed by atoms with E-state index >= 15 is 0 Å². The summed E-state index contributed by atoms with van der Waals surface area (Å²) in [5, 5.41) is 11.1. The van der Waals surface area contributed by atoms with Gasteiger partial charge in [-0.05, 0) is 36.8 Å². The lowest BCUT2D eigenvalue weighted by molar-refractivity contribution is -0.138. The molecule has 1 saturated carbocycles. The number of hydrogen-bond acceptors (Lipinski definition) is 2. The lowest BCUT2D eigenvalue weighted by Crippen LogP contribution is -2.33. The second kappa shape index (κ2) is 4.37. The fourth-order valence-electron chi connectivity index (χ4n) is 3.46. The van der Waals surface area contributed by atoms with Crippen LogP contribution in [-0.2, 0) is 21.4 Å². The van der Waals surface area contributed by atoms with Crippen molar-refractivity contribution in [2.75, 3.05) is 6.54 Å². The predicted molar refractivity (Wildman–Crippen MR) is 69.8 cm³/mol. The molecule has 4 nitrogen and oxygen atoms in total. The van der Waals surface area contributed by atoms with Crippen LogP contribution in [0.4, 0.5) is 0 Å². The summed E-state index contributed by atoms with van der Waals surface area (Å²) >= 11 is 0. The highest BCUT2D eigenvalue weighted by atomic mass is 16.4. The molecule has 0 heterocycles. The van der Waals surface area contributed by atoms with E-state index in [4.69, 9.17) is 5.11 Å². The first-order valence-corrected chi connectivity index (χ1v) is 6.71. The minimum absolute atomic E-state index is 0.0164. The van der Waals surface area contributed by atoms with Crippen LogP contribution in [0.15, 0.2) is 24.3 Å². The van der Waals surface area contributed by atoms with Crippen LogP contribution >= 0.6 is 0 Å². The molecule has 1 amide bonds. The summed E-state index contributed by atoms with van der Waals surface area (Å²) in [7, 11) is 0. The van der Waals surface area contributed by atoms with Gasteiger partial charge in [0.1, 0.15) is 6.54 Å². The Balaban J connectivity index is 1.78. The van der Waals surface area contributed by atoms with Crippen molar-refractivity contribution in [1.82, 2.24) is 5.32 Å². The monoisotopic (exact) mass is 259 g/mol. The molecule has 1 spiro atoms. The third-order valence-electron chi connectivity index (χ3n) is 4.43. The SMILES string of the molecule is O=C(O)CNC(=O)C1CC12CCCc1ccccc12. The van der Waals surface area contributed by atoms with Crippen LogP contribution in [0.3, 0.4) is 0 Å². The van der Waals surface area contributed by atoms with E-state index in [0.717, 1.165) is 25.7 Å². The van der Waals surface area contributed by atoms with Gasteiger partial charge < -0.3 is 10.4 Å². The van der Waals surface area contributed by atoms with E-state index in [1.807, 2.05) is 12.1 Å². The van der Waals surface area contributed by atoms with E-state index in [9.17, 15) is 9.59 Å². The van der Waals surface area contributed by atoms with Crippen LogP contribution in [-0.4, -0.2) is 23.5 Å². The molecule has 19 heavy (non-hydrogen) atoms. The number of benzene rings is 1. The normalized spacial score (nSPS) is 27.7. The first kappa shape index (κ1) is 12.2. The van der Waals surface area contributed by atoms with Crippen molar-refractivity contribution in [2.45, 2.75) is 31.1 Å². The molecular formula is C15H17NO3. The summed E-state index contributed by atoms with van der Waals surface area (Å²) in [6.07, 6.45) is 4.09. The molecule has 2 aliphatic rings.